The van der Waals surface area contributed by atoms with Crippen molar-refractivity contribution in [2.45, 2.75) is 83.8 Å². The minimum atomic E-state index is -0.458. The largest absolute Gasteiger partial charge is 0.390 e. The Morgan fingerprint density at radius 1 is 1.12 bits per heavy atom. The lowest BCUT2D eigenvalue weighted by Gasteiger charge is -2.56. The van der Waals surface area contributed by atoms with Crippen LogP contribution in [-0.2, 0) is 11.3 Å². The first kappa shape index (κ1) is 22.0. The summed E-state index contributed by atoms with van der Waals surface area (Å²) in [7, 11) is 0. The summed E-state index contributed by atoms with van der Waals surface area (Å²) in [5.74, 6) is 4.23. The van der Waals surface area contributed by atoms with Crippen molar-refractivity contribution in [3.8, 4) is 0 Å². The van der Waals surface area contributed by atoms with E-state index in [1.165, 1.54) is 38.5 Å². The second kappa shape index (κ2) is 7.78. The molecular weight excluding hydrogens is 434 g/mol. The molecule has 0 amide bonds. The standard InChI is InChI=1S/C27H36ClN3O2/c1-26(33)9-7-18-16(12-26)3-4-20-19(18)8-10-27(2)21(20)5-6-22(27)24(32)15-31-14-17-11-25(28)29-13-23(17)30-31/h11,13-14,16,18-22,33H,3-10,12,15H2,1-2H3/t16?,18-,19+,20+,21-,22+,26+,27-/m0/s1. The molecule has 2 aromatic rings. The first-order valence-electron chi connectivity index (χ1n) is 13.0. The smallest absolute Gasteiger partial charge is 0.157 e. The number of Topliss-reactive ketones (excluding diaryl/α,β-unsaturated/α-hetero) is 1. The van der Waals surface area contributed by atoms with Gasteiger partial charge in [0.15, 0.2) is 5.78 Å². The van der Waals surface area contributed by atoms with Gasteiger partial charge in [0.05, 0.1) is 18.3 Å². The van der Waals surface area contributed by atoms with E-state index in [1.807, 2.05) is 13.1 Å². The van der Waals surface area contributed by atoms with E-state index in [1.54, 1.807) is 16.9 Å². The van der Waals surface area contributed by atoms with Crippen molar-refractivity contribution < 1.29 is 9.90 Å². The number of pyridine rings is 1. The number of fused-ring (bicyclic) bond motifs is 6. The van der Waals surface area contributed by atoms with Gasteiger partial charge in [-0.3, -0.25) is 9.48 Å². The normalized spacial score (nSPS) is 42.5. The van der Waals surface area contributed by atoms with Gasteiger partial charge in [-0.1, -0.05) is 18.5 Å². The zero-order valence-corrected chi connectivity index (χ0v) is 20.6. The van der Waals surface area contributed by atoms with Crippen molar-refractivity contribution >= 4 is 28.3 Å². The molecule has 4 aliphatic carbocycles. The predicted molar refractivity (Wildman–Crippen MR) is 129 cm³/mol. The van der Waals surface area contributed by atoms with Crippen LogP contribution >= 0.6 is 11.6 Å². The molecule has 4 aliphatic rings. The highest BCUT2D eigenvalue weighted by Gasteiger charge is 2.58. The predicted octanol–water partition coefficient (Wildman–Crippen LogP) is 5.67. The summed E-state index contributed by atoms with van der Waals surface area (Å²) in [4.78, 5) is 17.7. The fourth-order valence-electron chi connectivity index (χ4n) is 8.91. The van der Waals surface area contributed by atoms with Crippen molar-refractivity contribution in [3.63, 3.8) is 0 Å². The minimum Gasteiger partial charge on any atom is -0.390 e. The van der Waals surface area contributed by atoms with Gasteiger partial charge in [-0.05, 0) is 106 Å². The van der Waals surface area contributed by atoms with Gasteiger partial charge in [0.1, 0.15) is 10.7 Å². The minimum absolute atomic E-state index is 0.128. The fourth-order valence-corrected chi connectivity index (χ4v) is 9.08. The second-order valence-corrected chi connectivity index (χ2v) is 12.6. The first-order chi connectivity index (χ1) is 15.7. The summed E-state index contributed by atoms with van der Waals surface area (Å²) in [6.07, 6.45) is 14.0. The van der Waals surface area contributed by atoms with E-state index in [9.17, 15) is 9.90 Å². The van der Waals surface area contributed by atoms with Crippen LogP contribution in [0.15, 0.2) is 18.5 Å². The number of halogens is 1. The third kappa shape index (κ3) is 3.65. The van der Waals surface area contributed by atoms with Crippen molar-refractivity contribution in [2.24, 2.45) is 40.9 Å². The Labute approximate surface area is 201 Å². The van der Waals surface area contributed by atoms with Crippen LogP contribution in [0.2, 0.25) is 5.15 Å². The highest BCUT2D eigenvalue weighted by Crippen LogP contribution is 2.64. The maximum Gasteiger partial charge on any atom is 0.157 e. The molecule has 2 aromatic heterocycles. The fraction of sp³-hybridized carbons (Fsp3) is 0.741. The molecule has 33 heavy (non-hydrogen) atoms. The van der Waals surface area contributed by atoms with Crippen LogP contribution in [0.25, 0.3) is 10.9 Å². The third-order valence-electron chi connectivity index (χ3n) is 10.3. The number of rotatable bonds is 3. The number of hydrogen-bond acceptors (Lipinski definition) is 4. The van der Waals surface area contributed by atoms with Crippen LogP contribution in [0.4, 0.5) is 0 Å². The van der Waals surface area contributed by atoms with Crippen molar-refractivity contribution in [3.05, 3.63) is 23.6 Å². The van der Waals surface area contributed by atoms with Gasteiger partial charge in [0.25, 0.3) is 0 Å². The maximum absolute atomic E-state index is 13.5. The van der Waals surface area contributed by atoms with E-state index in [0.29, 0.717) is 29.3 Å². The zero-order chi connectivity index (χ0) is 23.0. The molecule has 2 heterocycles. The molecule has 1 N–H and O–H groups in total. The van der Waals surface area contributed by atoms with Gasteiger partial charge in [-0.25, -0.2) is 4.98 Å². The number of nitrogens with zero attached hydrogens (tertiary/aromatic N) is 3. The number of carbonyl (C=O) groups excluding carboxylic acids is 1. The van der Waals surface area contributed by atoms with Gasteiger partial charge in [0.2, 0.25) is 0 Å². The molecule has 8 atom stereocenters. The van der Waals surface area contributed by atoms with E-state index < -0.39 is 5.60 Å². The molecule has 178 valence electrons. The van der Waals surface area contributed by atoms with Gasteiger partial charge in [-0.2, -0.15) is 5.10 Å². The molecule has 6 rings (SSSR count). The number of ketones is 1. The number of aliphatic hydroxyl groups is 1. The molecule has 0 aliphatic heterocycles. The number of carbonyl (C=O) groups is 1. The summed E-state index contributed by atoms with van der Waals surface area (Å²) >= 11 is 6.02. The van der Waals surface area contributed by atoms with Crippen LogP contribution in [0.5, 0.6) is 0 Å². The average molecular weight is 470 g/mol. The Bertz CT molecular complexity index is 1080. The van der Waals surface area contributed by atoms with Crippen LogP contribution in [-0.4, -0.2) is 31.3 Å². The zero-order valence-electron chi connectivity index (χ0n) is 19.8. The third-order valence-corrected chi connectivity index (χ3v) is 10.6. The number of hydrogen-bond donors (Lipinski definition) is 1. The SMILES string of the molecule is C[C@@]1(O)CC[C@H]2C(CC[C@@H]3[C@@H]2CC[C@]2(C)[C@@H](C(=O)Cn4cc5cc(Cl)ncc5n4)CC[C@@H]32)C1. The molecule has 0 spiro atoms. The highest BCUT2D eigenvalue weighted by molar-refractivity contribution is 6.30. The van der Waals surface area contributed by atoms with Crippen molar-refractivity contribution in [2.75, 3.05) is 0 Å². The number of aromatic nitrogens is 3. The van der Waals surface area contributed by atoms with E-state index in [-0.39, 0.29) is 11.3 Å². The lowest BCUT2D eigenvalue weighted by atomic mass is 9.49. The topological polar surface area (TPSA) is 68.0 Å². The Balaban J connectivity index is 1.18. The van der Waals surface area contributed by atoms with Crippen LogP contribution in [0.1, 0.15) is 71.6 Å². The van der Waals surface area contributed by atoms with Gasteiger partial charge in [0, 0.05) is 17.5 Å². The van der Waals surface area contributed by atoms with Gasteiger partial charge in [-0.15, -0.1) is 0 Å². The van der Waals surface area contributed by atoms with Gasteiger partial charge < -0.3 is 5.11 Å². The average Bonchev–Trinajstić information content (AvgIpc) is 3.32. The van der Waals surface area contributed by atoms with Crippen LogP contribution in [0.3, 0.4) is 0 Å². The quantitative estimate of drug-likeness (QED) is 0.587. The summed E-state index contributed by atoms with van der Waals surface area (Å²) < 4.78 is 1.78. The second-order valence-electron chi connectivity index (χ2n) is 12.2. The Morgan fingerprint density at radius 2 is 1.94 bits per heavy atom. The van der Waals surface area contributed by atoms with Crippen LogP contribution < -0.4 is 0 Å². The summed E-state index contributed by atoms with van der Waals surface area (Å²) in [6, 6.07) is 1.81. The highest BCUT2D eigenvalue weighted by atomic mass is 35.5. The lowest BCUT2D eigenvalue weighted by Crippen LogP contribution is -2.51. The summed E-state index contributed by atoms with van der Waals surface area (Å²) in [6.45, 7) is 4.80. The molecule has 4 fully saturated rings. The Hall–Kier alpha value is -1.46. The molecule has 0 radical (unpaired) electrons. The van der Waals surface area contributed by atoms with E-state index in [4.69, 9.17) is 11.6 Å². The Kier molecular flexibility index (Phi) is 5.19. The van der Waals surface area contributed by atoms with Crippen molar-refractivity contribution in [1.29, 1.82) is 0 Å². The van der Waals surface area contributed by atoms with E-state index in [0.717, 1.165) is 47.9 Å². The van der Waals surface area contributed by atoms with Crippen molar-refractivity contribution in [1.82, 2.24) is 14.8 Å². The molecule has 6 heteroatoms. The lowest BCUT2D eigenvalue weighted by molar-refractivity contribution is -0.133. The molecule has 4 saturated carbocycles. The Morgan fingerprint density at radius 3 is 2.79 bits per heavy atom. The molecule has 0 saturated heterocycles. The monoisotopic (exact) mass is 469 g/mol. The van der Waals surface area contributed by atoms with Crippen LogP contribution in [0, 0.1) is 40.9 Å². The molecule has 0 bridgehead atoms. The molecule has 5 nitrogen and oxygen atoms in total. The molecule has 0 aromatic carbocycles. The maximum atomic E-state index is 13.5. The van der Waals surface area contributed by atoms with E-state index in [2.05, 4.69) is 17.0 Å². The summed E-state index contributed by atoms with van der Waals surface area (Å²) in [5.41, 5.74) is 0.454. The molecule has 1 unspecified atom stereocenters. The van der Waals surface area contributed by atoms with E-state index >= 15 is 0 Å². The molecular formula is C27H36ClN3O2. The first-order valence-corrected chi connectivity index (χ1v) is 13.4. The summed E-state index contributed by atoms with van der Waals surface area (Å²) in [5, 5.41) is 16.6. The van der Waals surface area contributed by atoms with Gasteiger partial charge >= 0.3 is 0 Å².